The third-order valence-corrected chi connectivity index (χ3v) is 1.90. The second-order valence-electron chi connectivity index (χ2n) is 2.90. The molecule has 0 heterocycles. The van der Waals surface area contributed by atoms with Crippen molar-refractivity contribution >= 4 is 6.08 Å². The molecule has 0 bridgehead atoms. The highest BCUT2D eigenvalue weighted by molar-refractivity contribution is 5.58. The fraction of sp³-hybridized carbons (Fsp3) is 0.273. The Morgan fingerprint density at radius 2 is 2.08 bits per heavy atom. The zero-order valence-electron chi connectivity index (χ0n) is 7.54. The summed E-state index contributed by atoms with van der Waals surface area (Å²) >= 11 is 0. The van der Waals surface area contributed by atoms with E-state index in [1.165, 1.54) is 5.57 Å². The van der Waals surface area contributed by atoms with Gasteiger partial charge in [-0.25, -0.2) is 0 Å². The van der Waals surface area contributed by atoms with Gasteiger partial charge in [-0.3, -0.25) is 0 Å². The van der Waals surface area contributed by atoms with Gasteiger partial charge in [0.15, 0.2) is 0 Å². The Bertz CT molecular complexity index is 287. The first-order valence-corrected chi connectivity index (χ1v) is 4.19. The summed E-state index contributed by atoms with van der Waals surface area (Å²) in [7, 11) is 0. The van der Waals surface area contributed by atoms with Gasteiger partial charge in [0.05, 0.1) is 0 Å². The van der Waals surface area contributed by atoms with E-state index in [4.69, 9.17) is 0 Å². The van der Waals surface area contributed by atoms with Crippen LogP contribution in [0.5, 0.6) is 5.75 Å². The lowest BCUT2D eigenvalue weighted by Crippen LogP contribution is -1.76. The third-order valence-electron chi connectivity index (χ3n) is 1.90. The van der Waals surface area contributed by atoms with Crippen LogP contribution in [0.15, 0.2) is 29.8 Å². The van der Waals surface area contributed by atoms with Crippen LogP contribution in [0.1, 0.15) is 25.8 Å². The summed E-state index contributed by atoms with van der Waals surface area (Å²) in [6.45, 7) is 4.16. The monoisotopic (exact) mass is 162 g/mol. The quantitative estimate of drug-likeness (QED) is 0.708. The van der Waals surface area contributed by atoms with E-state index in [1.807, 2.05) is 24.3 Å². The smallest absolute Gasteiger partial charge is 0.122 e. The molecule has 1 rings (SSSR count). The third kappa shape index (κ3) is 2.12. The second-order valence-corrected chi connectivity index (χ2v) is 2.90. The molecule has 0 saturated carbocycles. The lowest BCUT2D eigenvalue weighted by atomic mass is 10.1. The number of para-hydroxylation sites is 1. The summed E-state index contributed by atoms with van der Waals surface area (Å²) in [4.78, 5) is 0. The molecule has 1 aromatic carbocycles. The Hall–Kier alpha value is -1.24. The predicted octanol–water partition coefficient (Wildman–Crippen LogP) is 3.21. The summed E-state index contributed by atoms with van der Waals surface area (Å²) in [5.41, 5.74) is 2.17. The van der Waals surface area contributed by atoms with Gasteiger partial charge in [0.2, 0.25) is 0 Å². The largest absolute Gasteiger partial charge is 0.507 e. The van der Waals surface area contributed by atoms with Gasteiger partial charge < -0.3 is 5.11 Å². The lowest BCUT2D eigenvalue weighted by molar-refractivity contribution is 0.474. The van der Waals surface area contributed by atoms with Crippen LogP contribution in [0.4, 0.5) is 0 Å². The van der Waals surface area contributed by atoms with E-state index >= 15 is 0 Å². The summed E-state index contributed by atoms with van der Waals surface area (Å²) < 4.78 is 0. The van der Waals surface area contributed by atoms with Crippen LogP contribution < -0.4 is 0 Å². The van der Waals surface area contributed by atoms with Gasteiger partial charge in [-0.15, -0.1) is 0 Å². The highest BCUT2D eigenvalue weighted by Crippen LogP contribution is 2.19. The number of benzene rings is 1. The molecule has 0 aliphatic heterocycles. The minimum atomic E-state index is 0.352. The standard InChI is InChI=1S/C11H14O/c1-3-9(2)8-10-6-4-5-7-11(10)12/h4-8,12H,3H2,1-2H3. The summed E-state index contributed by atoms with van der Waals surface area (Å²) in [6, 6.07) is 7.37. The van der Waals surface area contributed by atoms with Crippen LogP contribution in [0, 0.1) is 0 Å². The molecular weight excluding hydrogens is 148 g/mol. The first-order valence-electron chi connectivity index (χ1n) is 4.19. The van der Waals surface area contributed by atoms with Crippen LogP contribution in [0.3, 0.4) is 0 Å². The number of allylic oxidation sites excluding steroid dienone is 1. The van der Waals surface area contributed by atoms with Crippen molar-refractivity contribution in [1.82, 2.24) is 0 Å². The van der Waals surface area contributed by atoms with Crippen molar-refractivity contribution in [2.75, 3.05) is 0 Å². The van der Waals surface area contributed by atoms with E-state index in [9.17, 15) is 5.11 Å². The predicted molar refractivity (Wildman–Crippen MR) is 52.0 cm³/mol. The molecule has 0 radical (unpaired) electrons. The van der Waals surface area contributed by atoms with Gasteiger partial charge in [0.25, 0.3) is 0 Å². The minimum Gasteiger partial charge on any atom is -0.507 e. The van der Waals surface area contributed by atoms with Gasteiger partial charge in [-0.05, 0) is 19.4 Å². The van der Waals surface area contributed by atoms with Crippen molar-refractivity contribution in [3.63, 3.8) is 0 Å². The molecule has 0 fully saturated rings. The maximum absolute atomic E-state index is 9.41. The molecule has 1 nitrogen and oxygen atoms in total. The molecule has 0 aliphatic rings. The molecule has 64 valence electrons. The van der Waals surface area contributed by atoms with Crippen LogP contribution in [-0.2, 0) is 0 Å². The first kappa shape index (κ1) is 8.85. The van der Waals surface area contributed by atoms with Gasteiger partial charge in [-0.2, -0.15) is 0 Å². The fourth-order valence-corrected chi connectivity index (χ4v) is 0.977. The molecule has 1 N–H and O–H groups in total. The van der Waals surface area contributed by atoms with E-state index in [0.717, 1.165) is 12.0 Å². The van der Waals surface area contributed by atoms with E-state index in [0.29, 0.717) is 5.75 Å². The van der Waals surface area contributed by atoms with Crippen LogP contribution in [-0.4, -0.2) is 5.11 Å². The lowest BCUT2D eigenvalue weighted by Gasteiger charge is -1.99. The number of aromatic hydroxyl groups is 1. The van der Waals surface area contributed by atoms with Crippen LogP contribution >= 0.6 is 0 Å². The van der Waals surface area contributed by atoms with Crippen molar-refractivity contribution < 1.29 is 5.11 Å². The molecule has 0 atom stereocenters. The highest BCUT2D eigenvalue weighted by Gasteiger charge is 1.94. The zero-order chi connectivity index (χ0) is 8.97. The van der Waals surface area contributed by atoms with E-state index in [2.05, 4.69) is 13.8 Å². The van der Waals surface area contributed by atoms with Crippen molar-refractivity contribution in [1.29, 1.82) is 0 Å². The Labute approximate surface area is 73.4 Å². The van der Waals surface area contributed by atoms with Gasteiger partial charge >= 0.3 is 0 Å². The molecule has 12 heavy (non-hydrogen) atoms. The maximum Gasteiger partial charge on any atom is 0.122 e. The van der Waals surface area contributed by atoms with Crippen LogP contribution in [0.2, 0.25) is 0 Å². The average molecular weight is 162 g/mol. The molecule has 0 saturated heterocycles. The summed E-state index contributed by atoms with van der Waals surface area (Å²) in [6.07, 6.45) is 3.03. The molecule has 1 heteroatoms. The van der Waals surface area contributed by atoms with E-state index in [-0.39, 0.29) is 0 Å². The van der Waals surface area contributed by atoms with Gasteiger partial charge in [0.1, 0.15) is 5.75 Å². The molecule has 1 aromatic rings. The Balaban J connectivity index is 2.96. The van der Waals surface area contributed by atoms with Gasteiger partial charge in [-0.1, -0.05) is 36.8 Å². The topological polar surface area (TPSA) is 20.2 Å². The van der Waals surface area contributed by atoms with Crippen molar-refractivity contribution in [2.45, 2.75) is 20.3 Å². The SMILES string of the molecule is CCC(C)=Cc1ccccc1O. The van der Waals surface area contributed by atoms with Crippen LogP contribution in [0.25, 0.3) is 6.08 Å². The summed E-state index contributed by atoms with van der Waals surface area (Å²) in [5, 5.41) is 9.41. The normalized spacial score (nSPS) is 11.7. The number of rotatable bonds is 2. The molecule has 0 aliphatic carbocycles. The molecule has 0 aromatic heterocycles. The minimum absolute atomic E-state index is 0.352. The Kier molecular flexibility index (Phi) is 2.92. The van der Waals surface area contributed by atoms with Gasteiger partial charge in [0, 0.05) is 5.56 Å². The molecule has 0 amide bonds. The molecular formula is C11H14O. The highest BCUT2D eigenvalue weighted by atomic mass is 16.3. The molecule has 0 unspecified atom stereocenters. The average Bonchev–Trinajstić information content (AvgIpc) is 2.09. The first-order chi connectivity index (χ1) is 5.74. The zero-order valence-corrected chi connectivity index (χ0v) is 7.54. The number of hydrogen-bond acceptors (Lipinski definition) is 1. The number of phenols is 1. The fourth-order valence-electron chi connectivity index (χ4n) is 0.977. The van der Waals surface area contributed by atoms with E-state index < -0.39 is 0 Å². The Morgan fingerprint density at radius 3 is 2.67 bits per heavy atom. The Morgan fingerprint density at radius 1 is 1.42 bits per heavy atom. The van der Waals surface area contributed by atoms with E-state index in [1.54, 1.807) is 6.07 Å². The number of hydrogen-bond donors (Lipinski definition) is 1. The second kappa shape index (κ2) is 3.96. The van der Waals surface area contributed by atoms with Crippen molar-refractivity contribution in [2.24, 2.45) is 0 Å². The maximum atomic E-state index is 9.41. The van der Waals surface area contributed by atoms with Crippen molar-refractivity contribution in [3.05, 3.63) is 35.4 Å². The molecule has 0 spiro atoms. The number of phenolic OH excluding ortho intramolecular Hbond substituents is 1. The summed E-state index contributed by atoms with van der Waals surface area (Å²) in [5.74, 6) is 0.352. The van der Waals surface area contributed by atoms with Crippen molar-refractivity contribution in [3.8, 4) is 5.75 Å².